The van der Waals surface area contributed by atoms with Crippen LogP contribution in [0.1, 0.15) is 5.56 Å². The number of hydrazone groups is 1. The highest BCUT2D eigenvalue weighted by molar-refractivity contribution is 5.86. The summed E-state index contributed by atoms with van der Waals surface area (Å²) in [7, 11) is 3.07. The van der Waals surface area contributed by atoms with E-state index in [1.165, 1.54) is 13.3 Å². The van der Waals surface area contributed by atoms with Crippen LogP contribution in [0.3, 0.4) is 0 Å². The predicted molar refractivity (Wildman–Crippen MR) is 62.9 cm³/mol. The van der Waals surface area contributed by atoms with Crippen LogP contribution >= 0.6 is 0 Å². The van der Waals surface area contributed by atoms with E-state index in [2.05, 4.69) is 10.5 Å². The van der Waals surface area contributed by atoms with Crippen LogP contribution in [0.25, 0.3) is 0 Å². The molecule has 0 saturated heterocycles. The van der Waals surface area contributed by atoms with E-state index >= 15 is 0 Å². The Balaban J connectivity index is 2.86. The van der Waals surface area contributed by atoms with Gasteiger partial charge in [0.25, 0.3) is 0 Å². The van der Waals surface area contributed by atoms with Gasteiger partial charge in [-0.3, -0.25) is 10.6 Å². The lowest BCUT2D eigenvalue weighted by Gasteiger charge is -2.09. The summed E-state index contributed by atoms with van der Waals surface area (Å²) in [6.45, 7) is 0. The van der Waals surface area contributed by atoms with Crippen LogP contribution in [-0.4, -0.2) is 31.6 Å². The lowest BCUT2D eigenvalue weighted by Crippen LogP contribution is -2.30. The molecule has 0 aliphatic heterocycles. The normalized spacial score (nSPS) is 10.1. The van der Waals surface area contributed by atoms with Crippen LogP contribution in [0.2, 0.25) is 0 Å². The zero-order chi connectivity index (χ0) is 12.7. The van der Waals surface area contributed by atoms with Crippen LogP contribution in [0.5, 0.6) is 11.5 Å². The lowest BCUT2D eigenvalue weighted by molar-refractivity contribution is 0.228. The van der Waals surface area contributed by atoms with Gasteiger partial charge in [0.1, 0.15) is 0 Å². The molecule has 1 aromatic carbocycles. The maximum Gasteiger partial charge on any atom is 0.233 e. The molecule has 0 heterocycles. The molecule has 92 valence electrons. The van der Waals surface area contributed by atoms with Crippen molar-refractivity contribution >= 4 is 12.2 Å². The second kappa shape index (κ2) is 6.33. The fourth-order valence-electron chi connectivity index (χ4n) is 1.21. The van der Waals surface area contributed by atoms with Crippen molar-refractivity contribution in [1.29, 1.82) is 5.41 Å². The first kappa shape index (κ1) is 12.8. The Morgan fingerprint density at radius 1 is 1.41 bits per heavy atom. The number of hydrogen-bond donors (Lipinski definition) is 4. The van der Waals surface area contributed by atoms with E-state index in [0.29, 0.717) is 17.1 Å². The molecule has 0 saturated carbocycles. The van der Waals surface area contributed by atoms with E-state index in [-0.39, 0.29) is 5.96 Å². The van der Waals surface area contributed by atoms with Crippen molar-refractivity contribution in [3.05, 3.63) is 23.8 Å². The molecule has 0 aliphatic carbocycles. The minimum Gasteiger partial charge on any atom is -0.493 e. The van der Waals surface area contributed by atoms with E-state index in [9.17, 15) is 0 Å². The molecule has 4 N–H and O–H groups in total. The monoisotopic (exact) mass is 238 g/mol. The molecule has 0 spiro atoms. The Bertz CT molecular complexity index is 420. The van der Waals surface area contributed by atoms with Crippen LogP contribution in [0.4, 0.5) is 0 Å². The van der Waals surface area contributed by atoms with Crippen molar-refractivity contribution < 1.29 is 14.7 Å². The quantitative estimate of drug-likeness (QED) is 0.348. The van der Waals surface area contributed by atoms with E-state index in [1.54, 1.807) is 30.8 Å². The minimum atomic E-state index is -0.330. The number of guanidine groups is 1. The lowest BCUT2D eigenvalue weighted by atomic mass is 10.2. The third-order valence-corrected chi connectivity index (χ3v) is 1.93. The van der Waals surface area contributed by atoms with Gasteiger partial charge in [0, 0.05) is 5.56 Å². The maximum atomic E-state index is 8.36. The van der Waals surface area contributed by atoms with Crippen molar-refractivity contribution in [3.8, 4) is 11.5 Å². The molecule has 0 aliphatic rings. The van der Waals surface area contributed by atoms with Crippen molar-refractivity contribution in [1.82, 2.24) is 10.9 Å². The van der Waals surface area contributed by atoms with Crippen molar-refractivity contribution in [2.24, 2.45) is 5.10 Å². The summed E-state index contributed by atoms with van der Waals surface area (Å²) in [5.74, 6) is 0.805. The molecule has 17 heavy (non-hydrogen) atoms. The molecule has 0 amide bonds. The predicted octanol–water partition coefficient (Wildman–Crippen LogP) is 0.541. The Kier molecular flexibility index (Phi) is 4.77. The van der Waals surface area contributed by atoms with Gasteiger partial charge in [-0.05, 0) is 12.1 Å². The van der Waals surface area contributed by atoms with Gasteiger partial charge in [0.2, 0.25) is 5.96 Å². The number of ether oxygens (including phenoxy) is 2. The topological polar surface area (TPSA) is 99.0 Å². The van der Waals surface area contributed by atoms with Crippen LogP contribution in [0.15, 0.2) is 23.3 Å². The van der Waals surface area contributed by atoms with Crippen molar-refractivity contribution in [2.75, 3.05) is 14.2 Å². The number of hydroxylamine groups is 1. The summed E-state index contributed by atoms with van der Waals surface area (Å²) in [4.78, 5) is 0. The molecular weight excluding hydrogens is 224 g/mol. The first-order valence-corrected chi connectivity index (χ1v) is 4.71. The van der Waals surface area contributed by atoms with E-state index in [0.717, 1.165) is 0 Å². The molecule has 1 aromatic rings. The number of hydrogen-bond acceptors (Lipinski definition) is 5. The summed E-state index contributed by atoms with van der Waals surface area (Å²) < 4.78 is 10.3. The SMILES string of the molecule is COc1cccc(/C=N/NC(=N)NO)c1OC. The Morgan fingerprint density at radius 3 is 2.76 bits per heavy atom. The third kappa shape index (κ3) is 3.35. The van der Waals surface area contributed by atoms with Gasteiger partial charge in [-0.25, -0.2) is 10.9 Å². The number of benzene rings is 1. The average molecular weight is 238 g/mol. The van der Waals surface area contributed by atoms with E-state index in [1.807, 2.05) is 0 Å². The first-order valence-electron chi connectivity index (χ1n) is 4.71. The highest BCUT2D eigenvalue weighted by Crippen LogP contribution is 2.29. The first-order chi connectivity index (χ1) is 8.22. The summed E-state index contributed by atoms with van der Waals surface area (Å²) in [5, 5.41) is 19.1. The average Bonchev–Trinajstić information content (AvgIpc) is 2.37. The Hall–Kier alpha value is -2.28. The van der Waals surface area contributed by atoms with Crippen molar-refractivity contribution in [2.45, 2.75) is 0 Å². The van der Waals surface area contributed by atoms with Gasteiger partial charge in [-0.2, -0.15) is 5.10 Å². The molecule has 0 fully saturated rings. The smallest absolute Gasteiger partial charge is 0.233 e. The number of rotatable bonds is 4. The molecule has 0 radical (unpaired) electrons. The van der Waals surface area contributed by atoms with Crippen LogP contribution in [0, 0.1) is 5.41 Å². The van der Waals surface area contributed by atoms with Gasteiger partial charge in [-0.15, -0.1) is 0 Å². The molecule has 0 unspecified atom stereocenters. The molecular formula is C10H14N4O3. The van der Waals surface area contributed by atoms with Gasteiger partial charge in [0.15, 0.2) is 11.5 Å². The second-order valence-electron chi connectivity index (χ2n) is 2.94. The van der Waals surface area contributed by atoms with Gasteiger partial charge < -0.3 is 9.47 Å². The zero-order valence-electron chi connectivity index (χ0n) is 9.52. The summed E-state index contributed by atoms with van der Waals surface area (Å²) >= 11 is 0. The molecule has 1 rings (SSSR count). The Morgan fingerprint density at radius 2 is 2.18 bits per heavy atom. The van der Waals surface area contributed by atoms with Gasteiger partial charge in [-0.1, -0.05) is 6.07 Å². The number of para-hydroxylation sites is 1. The Labute approximate surface area is 98.5 Å². The second-order valence-corrected chi connectivity index (χ2v) is 2.94. The number of nitrogens with one attached hydrogen (secondary N) is 3. The summed E-state index contributed by atoms with van der Waals surface area (Å²) in [6.07, 6.45) is 1.45. The van der Waals surface area contributed by atoms with Crippen molar-refractivity contribution in [3.63, 3.8) is 0 Å². The number of methoxy groups -OCH3 is 2. The summed E-state index contributed by atoms with van der Waals surface area (Å²) in [6, 6.07) is 5.34. The molecule has 7 nitrogen and oxygen atoms in total. The van der Waals surface area contributed by atoms with E-state index in [4.69, 9.17) is 20.1 Å². The zero-order valence-corrected chi connectivity index (χ0v) is 9.52. The summed E-state index contributed by atoms with van der Waals surface area (Å²) in [5.41, 5.74) is 4.55. The largest absolute Gasteiger partial charge is 0.493 e. The van der Waals surface area contributed by atoms with Gasteiger partial charge in [0.05, 0.1) is 20.4 Å². The highest BCUT2D eigenvalue weighted by Gasteiger charge is 2.06. The fourth-order valence-corrected chi connectivity index (χ4v) is 1.21. The third-order valence-electron chi connectivity index (χ3n) is 1.93. The number of nitrogens with zero attached hydrogens (tertiary/aromatic N) is 1. The highest BCUT2D eigenvalue weighted by atomic mass is 16.5. The standard InChI is InChI=1S/C10H14N4O3/c1-16-8-5-3-4-7(9(8)17-2)6-12-13-10(11)14-15/h3-6,15H,1-2H3,(H3,11,13,14)/b12-6+. The van der Waals surface area contributed by atoms with Crippen LogP contribution in [-0.2, 0) is 0 Å². The molecule has 0 atom stereocenters. The molecule has 0 aromatic heterocycles. The fraction of sp³-hybridized carbons (Fsp3) is 0.200. The molecule has 7 heteroatoms. The van der Waals surface area contributed by atoms with Crippen LogP contribution < -0.4 is 20.4 Å². The maximum absolute atomic E-state index is 8.36. The molecule has 0 bridgehead atoms. The van der Waals surface area contributed by atoms with Gasteiger partial charge >= 0.3 is 0 Å². The van der Waals surface area contributed by atoms with E-state index < -0.39 is 0 Å². The minimum absolute atomic E-state index is 0.330.